The molecule has 0 aliphatic carbocycles. The Morgan fingerprint density at radius 2 is 2.19 bits per heavy atom. The van der Waals surface area contributed by atoms with E-state index >= 15 is 0 Å². The van der Waals surface area contributed by atoms with Gasteiger partial charge in [0.25, 0.3) is 5.56 Å². The molecule has 0 spiro atoms. The van der Waals surface area contributed by atoms with Crippen molar-refractivity contribution in [2.24, 2.45) is 5.10 Å². The van der Waals surface area contributed by atoms with Gasteiger partial charge in [0.2, 0.25) is 5.75 Å². The van der Waals surface area contributed by atoms with Crippen molar-refractivity contribution < 1.29 is 9.66 Å². The van der Waals surface area contributed by atoms with Crippen molar-refractivity contribution in [2.45, 2.75) is 26.2 Å². The van der Waals surface area contributed by atoms with E-state index in [1.807, 2.05) is 19.9 Å². The van der Waals surface area contributed by atoms with E-state index in [1.165, 1.54) is 23.0 Å². The molecule has 0 saturated carbocycles. The van der Waals surface area contributed by atoms with Gasteiger partial charge in [0.05, 0.1) is 27.1 Å². The first-order valence-electron chi connectivity index (χ1n) is 9.57. The summed E-state index contributed by atoms with van der Waals surface area (Å²) in [6.07, 6.45) is 7.22. The molecule has 8 nitrogen and oxygen atoms in total. The molecule has 0 unspecified atom stereocenters. The summed E-state index contributed by atoms with van der Waals surface area (Å²) < 4.78 is 7.17. The van der Waals surface area contributed by atoms with Gasteiger partial charge in [-0.25, -0.2) is 4.98 Å². The molecule has 0 saturated heterocycles. The topological polar surface area (TPSA) is 99.6 Å². The Morgan fingerprint density at radius 1 is 1.44 bits per heavy atom. The summed E-state index contributed by atoms with van der Waals surface area (Å²) in [5, 5.41) is 16.2. The van der Waals surface area contributed by atoms with Crippen molar-refractivity contribution in [3.63, 3.8) is 0 Å². The van der Waals surface area contributed by atoms with Crippen LogP contribution in [0.25, 0.3) is 10.9 Å². The number of fused-ring (bicyclic) bond motifs is 1. The average Bonchev–Trinajstić information content (AvgIpc) is 2.77. The quantitative estimate of drug-likeness (QED) is 0.187. The molecule has 1 atom stereocenters. The van der Waals surface area contributed by atoms with Crippen LogP contribution in [0.15, 0.2) is 44.7 Å². The zero-order valence-corrected chi connectivity index (χ0v) is 19.6. The van der Waals surface area contributed by atoms with Crippen molar-refractivity contribution in [3.8, 4) is 18.1 Å². The van der Waals surface area contributed by atoms with E-state index in [4.69, 9.17) is 22.8 Å². The summed E-state index contributed by atoms with van der Waals surface area (Å²) in [6, 6.07) is 7.95. The van der Waals surface area contributed by atoms with Gasteiger partial charge in [0, 0.05) is 22.0 Å². The van der Waals surface area contributed by atoms with Gasteiger partial charge in [-0.15, -0.1) is 6.42 Å². The molecule has 3 rings (SSSR count). The fourth-order valence-electron chi connectivity index (χ4n) is 2.97. The third kappa shape index (κ3) is 4.82. The van der Waals surface area contributed by atoms with Gasteiger partial charge in [-0.05, 0) is 30.7 Å². The number of nitro groups is 1. The van der Waals surface area contributed by atoms with Crippen LogP contribution in [0.1, 0.15) is 37.6 Å². The zero-order chi connectivity index (χ0) is 23.4. The lowest BCUT2D eigenvalue weighted by Gasteiger charge is -2.14. The first-order valence-corrected chi connectivity index (χ1v) is 10.7. The number of halogens is 2. The number of benzene rings is 2. The summed E-state index contributed by atoms with van der Waals surface area (Å²) >= 11 is 9.55. The summed E-state index contributed by atoms with van der Waals surface area (Å²) in [6.45, 7) is 3.76. The molecule has 1 aromatic heterocycles. The van der Waals surface area contributed by atoms with E-state index in [0.717, 1.165) is 10.9 Å². The van der Waals surface area contributed by atoms with Gasteiger partial charge >= 0.3 is 5.69 Å². The van der Waals surface area contributed by atoms with E-state index in [2.05, 4.69) is 31.9 Å². The van der Waals surface area contributed by atoms with Crippen molar-refractivity contribution >= 4 is 50.3 Å². The van der Waals surface area contributed by atoms with Crippen molar-refractivity contribution in [1.82, 2.24) is 9.66 Å². The van der Waals surface area contributed by atoms with Crippen LogP contribution in [0.3, 0.4) is 0 Å². The highest BCUT2D eigenvalue weighted by molar-refractivity contribution is 9.10. The Balaban J connectivity index is 2.15. The Labute approximate surface area is 197 Å². The van der Waals surface area contributed by atoms with Crippen molar-refractivity contribution in [2.75, 3.05) is 6.61 Å². The van der Waals surface area contributed by atoms with Crippen molar-refractivity contribution in [1.29, 1.82) is 0 Å². The highest BCUT2D eigenvalue weighted by Gasteiger charge is 2.21. The fraction of sp³-hybridized carbons (Fsp3) is 0.227. The normalized spacial score (nSPS) is 12.1. The first-order chi connectivity index (χ1) is 15.3. The van der Waals surface area contributed by atoms with Crippen LogP contribution in [-0.4, -0.2) is 27.4 Å². The van der Waals surface area contributed by atoms with Crippen LogP contribution in [0.2, 0.25) is 5.02 Å². The second kappa shape index (κ2) is 9.94. The molecule has 0 aliphatic rings. The highest BCUT2D eigenvalue weighted by Crippen LogP contribution is 2.35. The maximum absolute atomic E-state index is 13.2. The zero-order valence-electron chi connectivity index (χ0n) is 17.2. The molecule has 2 aromatic carbocycles. The highest BCUT2D eigenvalue weighted by atomic mass is 79.9. The van der Waals surface area contributed by atoms with E-state index in [-0.39, 0.29) is 34.5 Å². The largest absolute Gasteiger partial charge is 0.473 e. The average molecular weight is 518 g/mol. The molecule has 0 radical (unpaired) electrons. The Kier molecular flexibility index (Phi) is 7.28. The Hall–Kier alpha value is -3.22. The summed E-state index contributed by atoms with van der Waals surface area (Å²) in [5.41, 5.74) is 0.168. The van der Waals surface area contributed by atoms with Crippen LogP contribution in [0, 0.1) is 22.5 Å². The van der Waals surface area contributed by atoms with E-state index in [1.54, 1.807) is 12.1 Å². The van der Waals surface area contributed by atoms with Crippen LogP contribution in [-0.2, 0) is 0 Å². The van der Waals surface area contributed by atoms with Gasteiger partial charge in [-0.1, -0.05) is 47.3 Å². The predicted molar refractivity (Wildman–Crippen MR) is 128 cm³/mol. The molecule has 164 valence electrons. The molecule has 0 fully saturated rings. The van der Waals surface area contributed by atoms with Crippen LogP contribution < -0.4 is 10.3 Å². The third-order valence-corrected chi connectivity index (χ3v) is 5.53. The number of aromatic nitrogens is 2. The lowest BCUT2D eigenvalue weighted by atomic mass is 10.1. The standard InChI is InChI=1S/C22H18BrClN4O4/c1-4-8-32-20-17(24)9-14(10-19(20)28(30)31)12-25-27-21(13(3)5-2)26-18-7-6-15(23)11-16(18)22(27)29/h1,6-7,9-13H,5,8H2,2-3H3/t13-/m0/s1. The van der Waals surface area contributed by atoms with Gasteiger partial charge in [0.15, 0.2) is 0 Å². The van der Waals surface area contributed by atoms with Crippen LogP contribution in [0.5, 0.6) is 5.75 Å². The second-order valence-electron chi connectivity index (χ2n) is 6.90. The molecule has 32 heavy (non-hydrogen) atoms. The number of ether oxygens (including phenoxy) is 1. The Bertz CT molecular complexity index is 1330. The van der Waals surface area contributed by atoms with E-state index < -0.39 is 4.92 Å². The molecule has 0 aliphatic heterocycles. The molecule has 1 heterocycles. The number of hydrogen-bond acceptors (Lipinski definition) is 6. The number of nitro benzene ring substituents is 1. The van der Waals surface area contributed by atoms with Gasteiger partial charge in [-0.3, -0.25) is 14.9 Å². The van der Waals surface area contributed by atoms with E-state index in [9.17, 15) is 14.9 Å². The van der Waals surface area contributed by atoms with Crippen molar-refractivity contribution in [3.05, 3.63) is 71.7 Å². The maximum atomic E-state index is 13.2. The molecule has 0 amide bonds. The monoisotopic (exact) mass is 516 g/mol. The van der Waals surface area contributed by atoms with Gasteiger partial charge < -0.3 is 4.74 Å². The summed E-state index contributed by atoms with van der Waals surface area (Å²) in [5.74, 6) is 2.55. The van der Waals surface area contributed by atoms with Gasteiger partial charge in [0.1, 0.15) is 12.4 Å². The van der Waals surface area contributed by atoms with Gasteiger partial charge in [-0.2, -0.15) is 9.78 Å². The smallest absolute Gasteiger partial charge is 0.313 e. The SMILES string of the molecule is C#CCOc1c(Cl)cc(C=Nn2c([C@@H](C)CC)nc3ccc(Br)cc3c2=O)cc1[N+](=O)[O-]. The molecule has 0 N–H and O–H groups in total. The molecule has 3 aromatic rings. The molecular formula is C22H18BrClN4O4. The van der Waals surface area contributed by atoms with Crippen LogP contribution >= 0.6 is 27.5 Å². The molecule has 10 heteroatoms. The lowest BCUT2D eigenvalue weighted by Crippen LogP contribution is -2.23. The minimum Gasteiger partial charge on any atom is -0.473 e. The predicted octanol–water partition coefficient (Wildman–Crippen LogP) is 5.13. The fourth-order valence-corrected chi connectivity index (χ4v) is 3.61. The molecular weight excluding hydrogens is 500 g/mol. The second-order valence-corrected chi connectivity index (χ2v) is 8.23. The lowest BCUT2D eigenvalue weighted by molar-refractivity contribution is -0.385. The third-order valence-electron chi connectivity index (χ3n) is 4.75. The maximum Gasteiger partial charge on any atom is 0.313 e. The number of hydrogen-bond donors (Lipinski definition) is 0. The minimum absolute atomic E-state index is 0.00552. The summed E-state index contributed by atoms with van der Waals surface area (Å²) in [7, 11) is 0. The summed E-state index contributed by atoms with van der Waals surface area (Å²) in [4.78, 5) is 28.7. The number of nitrogens with zero attached hydrogens (tertiary/aromatic N) is 4. The Morgan fingerprint density at radius 3 is 2.84 bits per heavy atom. The number of rotatable bonds is 7. The number of terminal acetylenes is 1. The van der Waals surface area contributed by atoms with E-state index in [0.29, 0.717) is 22.3 Å². The minimum atomic E-state index is -0.624. The molecule has 0 bridgehead atoms. The first kappa shape index (κ1) is 23.4. The van der Waals surface area contributed by atoms with Crippen LogP contribution in [0.4, 0.5) is 5.69 Å².